The molecule has 0 aliphatic carbocycles. The van der Waals surface area contributed by atoms with Crippen molar-refractivity contribution in [1.29, 1.82) is 0 Å². The lowest BCUT2D eigenvalue weighted by Gasteiger charge is -2.30. The van der Waals surface area contributed by atoms with Gasteiger partial charge in [0.2, 0.25) is 11.8 Å². The molecule has 134 valence electrons. The number of piperidine rings is 1. The number of nitrogens with one attached hydrogen (secondary N) is 3. The highest BCUT2D eigenvalue weighted by molar-refractivity contribution is 8.00. The van der Waals surface area contributed by atoms with Crippen molar-refractivity contribution < 1.29 is 9.59 Å². The van der Waals surface area contributed by atoms with Crippen LogP contribution in [0.1, 0.15) is 25.3 Å². The molecule has 1 heterocycles. The average molecular weight is 372 g/mol. The van der Waals surface area contributed by atoms with Gasteiger partial charge in [0, 0.05) is 17.8 Å². The Balaban J connectivity index is 0.00000288. The zero-order valence-electron chi connectivity index (χ0n) is 14.1. The van der Waals surface area contributed by atoms with Crippen LogP contribution in [0.15, 0.2) is 24.3 Å². The summed E-state index contributed by atoms with van der Waals surface area (Å²) in [7, 11) is 0. The van der Waals surface area contributed by atoms with Gasteiger partial charge in [-0.1, -0.05) is 17.7 Å². The molecular weight excluding hydrogens is 346 g/mol. The molecule has 1 aliphatic heterocycles. The predicted octanol–water partition coefficient (Wildman–Crippen LogP) is 2.35. The Kier molecular flexibility index (Phi) is 9.18. The van der Waals surface area contributed by atoms with Gasteiger partial charge in [0.1, 0.15) is 0 Å². The monoisotopic (exact) mass is 371 g/mol. The van der Waals surface area contributed by atoms with Crippen molar-refractivity contribution in [2.45, 2.75) is 38.8 Å². The zero-order chi connectivity index (χ0) is 16.7. The highest BCUT2D eigenvalue weighted by Crippen LogP contribution is 2.11. The third-order valence-corrected chi connectivity index (χ3v) is 4.84. The van der Waals surface area contributed by atoms with Gasteiger partial charge in [-0.25, -0.2) is 0 Å². The number of rotatable bonds is 6. The van der Waals surface area contributed by atoms with Crippen LogP contribution in [0.4, 0.5) is 5.69 Å². The molecule has 2 atom stereocenters. The highest BCUT2D eigenvalue weighted by Gasteiger charge is 2.22. The minimum absolute atomic E-state index is 0. The van der Waals surface area contributed by atoms with Gasteiger partial charge >= 0.3 is 0 Å². The lowest BCUT2D eigenvalue weighted by atomic mass is 10.00. The third kappa shape index (κ3) is 7.11. The number of hydrogen-bond donors (Lipinski definition) is 3. The minimum Gasteiger partial charge on any atom is -0.351 e. The first-order valence-corrected chi connectivity index (χ1v) is 9.17. The Morgan fingerprint density at radius 1 is 1.21 bits per heavy atom. The second kappa shape index (κ2) is 10.6. The van der Waals surface area contributed by atoms with E-state index in [9.17, 15) is 9.59 Å². The molecule has 24 heavy (non-hydrogen) atoms. The van der Waals surface area contributed by atoms with Crippen molar-refractivity contribution in [1.82, 2.24) is 10.6 Å². The molecule has 7 heteroatoms. The molecule has 0 spiro atoms. The maximum Gasteiger partial charge on any atom is 0.234 e. The van der Waals surface area contributed by atoms with Gasteiger partial charge in [-0.15, -0.1) is 24.2 Å². The SMILES string of the molecule is Cc1ccc(NC(=O)CSCC(=O)NC2CCCNC2C)cc1.Cl. The second-order valence-corrected chi connectivity index (χ2v) is 6.95. The van der Waals surface area contributed by atoms with E-state index in [0.717, 1.165) is 30.6 Å². The molecular formula is C17H26ClN3O2S. The molecule has 0 radical (unpaired) electrons. The summed E-state index contributed by atoms with van der Waals surface area (Å²) in [6.07, 6.45) is 2.10. The normalized spacial score (nSPS) is 19.9. The largest absolute Gasteiger partial charge is 0.351 e. The molecule has 5 nitrogen and oxygen atoms in total. The molecule has 2 amide bonds. The summed E-state index contributed by atoms with van der Waals surface area (Å²) in [4.78, 5) is 23.8. The fraction of sp³-hybridized carbons (Fsp3) is 0.529. The number of anilines is 1. The first kappa shape index (κ1) is 20.8. The molecule has 1 saturated heterocycles. The van der Waals surface area contributed by atoms with Crippen LogP contribution in [0.25, 0.3) is 0 Å². The lowest BCUT2D eigenvalue weighted by molar-refractivity contribution is -0.119. The maximum atomic E-state index is 11.9. The van der Waals surface area contributed by atoms with E-state index in [0.29, 0.717) is 11.8 Å². The molecule has 0 saturated carbocycles. The molecule has 1 aliphatic rings. The van der Waals surface area contributed by atoms with Gasteiger partial charge in [-0.3, -0.25) is 9.59 Å². The smallest absolute Gasteiger partial charge is 0.234 e. The quantitative estimate of drug-likeness (QED) is 0.717. The summed E-state index contributed by atoms with van der Waals surface area (Å²) in [5, 5.41) is 9.23. The number of carbonyl (C=O) groups excluding carboxylic acids is 2. The summed E-state index contributed by atoms with van der Waals surface area (Å²) >= 11 is 1.34. The molecule has 1 aromatic carbocycles. The molecule has 3 N–H and O–H groups in total. The van der Waals surface area contributed by atoms with Gasteiger partial charge in [0.25, 0.3) is 0 Å². The van der Waals surface area contributed by atoms with Crippen LogP contribution in [0.2, 0.25) is 0 Å². The Labute approximate surface area is 154 Å². The number of benzene rings is 1. The van der Waals surface area contributed by atoms with Crippen LogP contribution in [-0.2, 0) is 9.59 Å². The van der Waals surface area contributed by atoms with E-state index in [-0.39, 0.29) is 36.0 Å². The van der Waals surface area contributed by atoms with Gasteiger partial charge < -0.3 is 16.0 Å². The summed E-state index contributed by atoms with van der Waals surface area (Å²) in [5.74, 6) is 0.502. The highest BCUT2D eigenvalue weighted by atomic mass is 35.5. The van der Waals surface area contributed by atoms with Crippen molar-refractivity contribution >= 4 is 41.7 Å². The molecule has 2 unspecified atom stereocenters. The van der Waals surface area contributed by atoms with Crippen LogP contribution >= 0.6 is 24.2 Å². The molecule has 1 fully saturated rings. The van der Waals surface area contributed by atoms with Gasteiger partial charge in [0.05, 0.1) is 11.5 Å². The lowest BCUT2D eigenvalue weighted by Crippen LogP contribution is -2.52. The number of halogens is 1. The maximum absolute atomic E-state index is 11.9. The Morgan fingerprint density at radius 2 is 1.88 bits per heavy atom. The molecule has 1 aromatic rings. The fourth-order valence-electron chi connectivity index (χ4n) is 2.56. The van der Waals surface area contributed by atoms with E-state index in [2.05, 4.69) is 22.9 Å². The van der Waals surface area contributed by atoms with Crippen molar-refractivity contribution in [3.63, 3.8) is 0 Å². The summed E-state index contributed by atoms with van der Waals surface area (Å²) in [5.41, 5.74) is 1.94. The van der Waals surface area contributed by atoms with E-state index < -0.39 is 0 Å². The second-order valence-electron chi connectivity index (χ2n) is 5.97. The first-order valence-electron chi connectivity index (χ1n) is 8.01. The van der Waals surface area contributed by atoms with Crippen LogP contribution < -0.4 is 16.0 Å². The van der Waals surface area contributed by atoms with E-state index >= 15 is 0 Å². The van der Waals surface area contributed by atoms with Gasteiger partial charge in [0.15, 0.2) is 0 Å². The van der Waals surface area contributed by atoms with Crippen molar-refractivity contribution in [2.75, 3.05) is 23.4 Å². The van der Waals surface area contributed by atoms with Crippen LogP contribution in [0, 0.1) is 6.92 Å². The third-order valence-electron chi connectivity index (χ3n) is 3.91. The van der Waals surface area contributed by atoms with E-state index in [4.69, 9.17) is 0 Å². The number of aryl methyl sites for hydroxylation is 1. The number of thioether (sulfide) groups is 1. The summed E-state index contributed by atoms with van der Waals surface area (Å²) in [6.45, 7) is 5.11. The van der Waals surface area contributed by atoms with Crippen molar-refractivity contribution in [3.8, 4) is 0 Å². The predicted molar refractivity (Wildman–Crippen MR) is 103 cm³/mol. The molecule has 2 rings (SSSR count). The summed E-state index contributed by atoms with van der Waals surface area (Å²) < 4.78 is 0. The number of amides is 2. The number of carbonyl (C=O) groups is 2. The van der Waals surface area contributed by atoms with Crippen LogP contribution in [-0.4, -0.2) is 41.9 Å². The molecule has 0 aromatic heterocycles. The zero-order valence-corrected chi connectivity index (χ0v) is 15.8. The van der Waals surface area contributed by atoms with Gasteiger partial charge in [-0.2, -0.15) is 0 Å². The van der Waals surface area contributed by atoms with Gasteiger partial charge in [-0.05, 0) is 45.4 Å². The van der Waals surface area contributed by atoms with E-state index in [1.165, 1.54) is 11.8 Å². The summed E-state index contributed by atoms with van der Waals surface area (Å²) in [6, 6.07) is 8.16. The van der Waals surface area contributed by atoms with Crippen molar-refractivity contribution in [2.24, 2.45) is 0 Å². The van der Waals surface area contributed by atoms with Crippen LogP contribution in [0.5, 0.6) is 0 Å². The first-order chi connectivity index (χ1) is 11.0. The fourth-order valence-corrected chi connectivity index (χ4v) is 3.19. The molecule has 0 bridgehead atoms. The van der Waals surface area contributed by atoms with E-state index in [1.54, 1.807) is 0 Å². The Hall–Kier alpha value is -1.24. The Bertz CT molecular complexity index is 539. The topological polar surface area (TPSA) is 70.2 Å². The van der Waals surface area contributed by atoms with Crippen LogP contribution in [0.3, 0.4) is 0 Å². The Morgan fingerprint density at radius 3 is 2.54 bits per heavy atom. The van der Waals surface area contributed by atoms with Crippen molar-refractivity contribution in [3.05, 3.63) is 29.8 Å². The standard InChI is InChI=1S/C17H25N3O2S.ClH/c1-12-5-7-14(8-6-12)19-16(21)10-23-11-17(22)20-15-4-3-9-18-13(15)2;/h5-8,13,15,18H,3-4,9-11H2,1-2H3,(H,19,21)(H,20,22);1H. The minimum atomic E-state index is -0.0839. The van der Waals surface area contributed by atoms with E-state index in [1.807, 2.05) is 31.2 Å². The average Bonchev–Trinajstić information content (AvgIpc) is 2.52. The number of hydrogen-bond acceptors (Lipinski definition) is 4.